The largest absolute Gasteiger partial charge is 0.351 e. The Bertz CT molecular complexity index is 1550. The highest BCUT2D eigenvalue weighted by Crippen LogP contribution is 2.44. The molecule has 39 heavy (non-hydrogen) atoms. The number of thiocarbonyl (C=S) groups is 1. The Morgan fingerprint density at radius 1 is 1.03 bits per heavy atom. The van der Waals surface area contributed by atoms with E-state index in [2.05, 4.69) is 80.2 Å². The zero-order chi connectivity index (χ0) is 27.8. The van der Waals surface area contributed by atoms with Crippen LogP contribution in [-0.4, -0.2) is 20.6 Å². The highest BCUT2D eigenvalue weighted by atomic mass is 79.9. The second kappa shape index (κ2) is 10.9. The van der Waals surface area contributed by atoms with E-state index in [0.29, 0.717) is 5.11 Å². The van der Waals surface area contributed by atoms with Crippen LogP contribution in [0.2, 0.25) is 0 Å². The summed E-state index contributed by atoms with van der Waals surface area (Å²) >= 11 is 9.58. The molecule has 2 atom stereocenters. The third kappa shape index (κ3) is 5.23. The predicted octanol–water partition coefficient (Wildman–Crippen LogP) is 7.33. The molecular weight excluding hydrogens is 570 g/mol. The van der Waals surface area contributed by atoms with Gasteiger partial charge in [-0.25, -0.2) is 0 Å². The van der Waals surface area contributed by atoms with Gasteiger partial charge in [0.25, 0.3) is 0 Å². The Morgan fingerprint density at radius 2 is 1.82 bits per heavy atom. The summed E-state index contributed by atoms with van der Waals surface area (Å²) in [5.74, 6) is -0.0965. The van der Waals surface area contributed by atoms with Gasteiger partial charge in [-0.2, -0.15) is 0 Å². The van der Waals surface area contributed by atoms with Crippen molar-refractivity contribution in [2.24, 2.45) is 5.92 Å². The van der Waals surface area contributed by atoms with Crippen LogP contribution >= 0.6 is 28.1 Å². The Labute approximate surface area is 243 Å². The summed E-state index contributed by atoms with van der Waals surface area (Å²) in [6.45, 7) is 10.1. The van der Waals surface area contributed by atoms with Crippen molar-refractivity contribution in [1.82, 2.24) is 14.9 Å². The molecule has 0 aliphatic carbocycles. The van der Waals surface area contributed by atoms with Gasteiger partial charge in [0.15, 0.2) is 5.11 Å². The van der Waals surface area contributed by atoms with Crippen molar-refractivity contribution < 1.29 is 4.79 Å². The van der Waals surface area contributed by atoms with Gasteiger partial charge in [0.1, 0.15) is 0 Å². The maximum atomic E-state index is 12.3. The summed E-state index contributed by atoms with van der Waals surface area (Å²) in [7, 11) is 0. The van der Waals surface area contributed by atoms with E-state index in [9.17, 15) is 4.79 Å². The van der Waals surface area contributed by atoms with Crippen LogP contribution in [0.25, 0.3) is 5.69 Å². The van der Waals surface area contributed by atoms with Crippen LogP contribution in [0.1, 0.15) is 54.1 Å². The molecule has 3 heterocycles. The molecular formula is C31H32BrN5OS. The highest BCUT2D eigenvalue weighted by molar-refractivity contribution is 9.10. The highest BCUT2D eigenvalue weighted by Gasteiger charge is 2.42. The molecule has 1 amide bonds. The number of halogens is 1. The third-order valence-corrected chi connectivity index (χ3v) is 8.03. The van der Waals surface area contributed by atoms with Crippen LogP contribution in [0.4, 0.5) is 11.4 Å². The van der Waals surface area contributed by atoms with E-state index in [1.54, 1.807) is 0 Å². The lowest BCUT2D eigenvalue weighted by atomic mass is 9.96. The van der Waals surface area contributed by atoms with Crippen molar-refractivity contribution in [2.75, 3.05) is 10.2 Å². The Kier molecular flexibility index (Phi) is 7.60. The minimum absolute atomic E-state index is 0.00251. The quantitative estimate of drug-likeness (QED) is 0.226. The monoisotopic (exact) mass is 601 g/mol. The molecule has 0 spiro atoms. The number of hydrogen-bond acceptors (Lipinski definition) is 3. The van der Waals surface area contributed by atoms with Crippen molar-refractivity contribution in [3.63, 3.8) is 0 Å². The summed E-state index contributed by atoms with van der Waals surface area (Å²) in [5.41, 5.74) is 8.23. The van der Waals surface area contributed by atoms with Gasteiger partial charge < -0.3 is 20.1 Å². The Balaban J connectivity index is 1.62. The first kappa shape index (κ1) is 27.1. The fourth-order valence-corrected chi connectivity index (χ4v) is 6.00. The number of hydrogen-bond donors (Lipinski definition) is 2. The van der Waals surface area contributed by atoms with E-state index in [1.165, 1.54) is 5.56 Å². The number of nitrogens with zero attached hydrogens (tertiary/aromatic N) is 3. The molecule has 4 aromatic rings. The average molecular weight is 603 g/mol. The average Bonchev–Trinajstić information content (AvgIpc) is 3.40. The van der Waals surface area contributed by atoms with Gasteiger partial charge >= 0.3 is 0 Å². The van der Waals surface area contributed by atoms with Gasteiger partial charge in [-0.15, -0.1) is 0 Å². The molecule has 2 unspecified atom stereocenters. The molecule has 2 aromatic heterocycles. The maximum absolute atomic E-state index is 12.3. The van der Waals surface area contributed by atoms with E-state index in [-0.39, 0.29) is 23.9 Å². The van der Waals surface area contributed by atoms with E-state index >= 15 is 0 Å². The van der Waals surface area contributed by atoms with Crippen molar-refractivity contribution in [3.8, 4) is 5.69 Å². The van der Waals surface area contributed by atoms with Crippen LogP contribution in [0, 0.1) is 26.7 Å². The van der Waals surface area contributed by atoms with Gasteiger partial charge in [-0.1, -0.05) is 41.9 Å². The number of pyridine rings is 1. The molecule has 5 rings (SSSR count). The molecule has 6 nitrogen and oxygen atoms in total. The smallest absolute Gasteiger partial charge is 0.226 e. The van der Waals surface area contributed by atoms with Crippen LogP contribution in [0.15, 0.2) is 77.4 Å². The summed E-state index contributed by atoms with van der Waals surface area (Å²) in [6.07, 6.45) is 1.82. The van der Waals surface area contributed by atoms with Crippen molar-refractivity contribution >= 4 is 50.5 Å². The molecule has 1 aliphatic heterocycles. The molecule has 200 valence electrons. The number of anilines is 2. The lowest BCUT2D eigenvalue weighted by molar-refractivity contribution is -0.118. The van der Waals surface area contributed by atoms with Crippen LogP contribution < -0.4 is 15.5 Å². The summed E-state index contributed by atoms with van der Waals surface area (Å²) in [4.78, 5) is 19.2. The maximum Gasteiger partial charge on any atom is 0.226 e. The van der Waals surface area contributed by atoms with E-state index < -0.39 is 0 Å². The summed E-state index contributed by atoms with van der Waals surface area (Å²) in [6, 6.07) is 22.4. The van der Waals surface area contributed by atoms with Gasteiger partial charge in [0.2, 0.25) is 5.91 Å². The van der Waals surface area contributed by atoms with Crippen molar-refractivity contribution in [2.45, 2.75) is 46.7 Å². The first-order valence-electron chi connectivity index (χ1n) is 13.0. The zero-order valence-corrected chi connectivity index (χ0v) is 25.1. The molecule has 0 saturated carbocycles. The number of carbonyl (C=O) groups excluding carboxylic acids is 1. The number of carbonyl (C=O) groups is 1. The minimum Gasteiger partial charge on any atom is -0.351 e. The van der Waals surface area contributed by atoms with Gasteiger partial charge in [0.05, 0.1) is 17.8 Å². The molecule has 1 aliphatic rings. The van der Waals surface area contributed by atoms with E-state index in [0.717, 1.165) is 44.2 Å². The standard InChI is InChI=1S/C31H32BrN5OS/c1-18(2)30(38)34-26-13-12-24(15-19(26)3)37-29(28(35-31(37)39)27-11-6-7-14-33-27)25-16-20(4)36(21(25)5)23-10-8-9-22(32)17-23/h6-18,28-29H,1-5H3,(H,34,38)(H,35,39). The number of amides is 1. The van der Waals surface area contributed by atoms with Crippen LogP contribution in [-0.2, 0) is 4.79 Å². The molecule has 1 saturated heterocycles. The molecule has 0 radical (unpaired) electrons. The third-order valence-electron chi connectivity index (χ3n) is 7.22. The predicted molar refractivity (Wildman–Crippen MR) is 166 cm³/mol. The van der Waals surface area contributed by atoms with Crippen molar-refractivity contribution in [1.29, 1.82) is 0 Å². The van der Waals surface area contributed by atoms with Crippen molar-refractivity contribution in [3.05, 3.63) is 106 Å². The molecule has 0 bridgehead atoms. The summed E-state index contributed by atoms with van der Waals surface area (Å²) < 4.78 is 3.32. The normalized spacial score (nSPS) is 17.0. The molecule has 2 N–H and O–H groups in total. The topological polar surface area (TPSA) is 62.2 Å². The molecule has 2 aromatic carbocycles. The number of rotatable bonds is 6. The first-order valence-corrected chi connectivity index (χ1v) is 14.2. The van der Waals surface area contributed by atoms with E-state index in [4.69, 9.17) is 17.2 Å². The number of benzene rings is 2. The molecule has 1 fully saturated rings. The van der Waals surface area contributed by atoms with Gasteiger partial charge in [-0.05, 0) is 98.7 Å². The van der Waals surface area contributed by atoms with Gasteiger partial charge in [-0.3, -0.25) is 9.78 Å². The lowest BCUT2D eigenvalue weighted by Gasteiger charge is -2.29. The first-order chi connectivity index (χ1) is 18.7. The summed E-state index contributed by atoms with van der Waals surface area (Å²) in [5, 5.41) is 7.24. The SMILES string of the molecule is Cc1cc(N2C(=S)NC(c3ccccn3)C2c2cc(C)n(-c3cccc(Br)c3)c2C)ccc1NC(=O)C(C)C. The number of aromatic nitrogens is 2. The van der Waals surface area contributed by atoms with E-state index in [1.807, 2.05) is 63.4 Å². The number of nitrogens with one attached hydrogen (secondary N) is 2. The van der Waals surface area contributed by atoms with Crippen LogP contribution in [0.5, 0.6) is 0 Å². The molecule has 8 heteroatoms. The fraction of sp³-hybridized carbons (Fsp3) is 0.258. The van der Waals surface area contributed by atoms with Gasteiger partial charge in [0, 0.05) is 45.0 Å². The minimum atomic E-state index is -0.143. The Morgan fingerprint density at radius 3 is 2.49 bits per heavy atom. The second-order valence-electron chi connectivity index (χ2n) is 10.3. The number of aryl methyl sites for hydroxylation is 2. The Hall–Kier alpha value is -3.49. The zero-order valence-electron chi connectivity index (χ0n) is 22.7. The fourth-order valence-electron chi connectivity index (χ4n) is 5.26. The van der Waals surface area contributed by atoms with Crippen LogP contribution in [0.3, 0.4) is 0 Å². The second-order valence-corrected chi connectivity index (χ2v) is 11.6. The lowest BCUT2D eigenvalue weighted by Crippen LogP contribution is -2.29.